The Bertz CT molecular complexity index is 755. The molecule has 0 atom stereocenters. The van der Waals surface area contributed by atoms with Gasteiger partial charge in [-0.25, -0.2) is 4.39 Å². The van der Waals surface area contributed by atoms with Crippen LogP contribution in [0.3, 0.4) is 0 Å². The Balaban J connectivity index is 2.24. The van der Waals surface area contributed by atoms with Gasteiger partial charge in [-0.15, -0.1) is 0 Å². The monoisotopic (exact) mass is 332 g/mol. The minimum Gasteiger partial charge on any atom is -0.382 e. The quantitative estimate of drug-likeness (QED) is 0.753. The third-order valence-electron chi connectivity index (χ3n) is 2.94. The van der Waals surface area contributed by atoms with Gasteiger partial charge in [-0.05, 0) is 34.1 Å². The second-order valence-electron chi connectivity index (χ2n) is 4.18. The van der Waals surface area contributed by atoms with Gasteiger partial charge in [-0.1, -0.05) is 18.2 Å². The van der Waals surface area contributed by atoms with Crippen molar-refractivity contribution in [3.05, 3.63) is 52.9 Å². The maximum absolute atomic E-state index is 13.7. The normalized spacial score (nSPS) is 10.7. The van der Waals surface area contributed by atoms with E-state index in [9.17, 15) is 4.39 Å². The molecular weight excluding hydrogens is 323 g/mol. The lowest BCUT2D eigenvalue weighted by atomic mass is 10.0. The minimum atomic E-state index is -0.345. The molecule has 0 aliphatic heterocycles. The molecule has 1 aromatic carbocycles. The molecule has 3 aromatic rings. The molecule has 0 saturated carbocycles. The summed E-state index contributed by atoms with van der Waals surface area (Å²) in [5.41, 5.74) is 8.54. The molecule has 0 amide bonds. The molecule has 0 saturated heterocycles. The number of nitrogens with two attached hydrogens (primary N) is 1. The summed E-state index contributed by atoms with van der Waals surface area (Å²) in [5, 5.41) is 6.85. The highest BCUT2D eigenvalue weighted by molar-refractivity contribution is 9.10. The molecule has 0 spiro atoms. The summed E-state index contributed by atoms with van der Waals surface area (Å²) in [4.78, 5) is 4.27. The van der Waals surface area contributed by atoms with E-state index in [4.69, 9.17) is 5.73 Å². The fourth-order valence-corrected chi connectivity index (χ4v) is 2.48. The van der Waals surface area contributed by atoms with Crippen molar-refractivity contribution in [2.45, 2.75) is 0 Å². The van der Waals surface area contributed by atoms with E-state index in [1.807, 2.05) is 18.2 Å². The molecule has 0 fully saturated rings. The number of benzene rings is 1. The summed E-state index contributed by atoms with van der Waals surface area (Å²) in [6.07, 6.45) is 1.67. The molecule has 0 aliphatic carbocycles. The van der Waals surface area contributed by atoms with Crippen molar-refractivity contribution in [1.29, 1.82) is 0 Å². The molecule has 0 unspecified atom stereocenters. The Kier molecular flexibility index (Phi) is 3.23. The highest BCUT2D eigenvalue weighted by Gasteiger charge is 2.18. The van der Waals surface area contributed by atoms with Gasteiger partial charge in [0.15, 0.2) is 5.82 Å². The second kappa shape index (κ2) is 5.05. The standard InChI is InChI=1S/C14H10BrFN4/c15-12-8(4-3-5-9(12)16)13-11(14(17)20-19-13)10-6-1-2-7-18-10/h1-7H,(H3,17,19,20). The van der Waals surface area contributed by atoms with Crippen LogP contribution in [0.25, 0.3) is 22.5 Å². The van der Waals surface area contributed by atoms with Crippen LogP contribution < -0.4 is 5.73 Å². The van der Waals surface area contributed by atoms with Crippen molar-refractivity contribution in [3.63, 3.8) is 0 Å². The number of rotatable bonds is 2. The molecule has 3 rings (SSSR count). The SMILES string of the molecule is Nc1n[nH]c(-c2cccc(F)c2Br)c1-c1ccccn1. The highest BCUT2D eigenvalue weighted by Crippen LogP contribution is 2.37. The van der Waals surface area contributed by atoms with Crippen LogP contribution >= 0.6 is 15.9 Å². The van der Waals surface area contributed by atoms with E-state index in [0.29, 0.717) is 32.8 Å². The summed E-state index contributed by atoms with van der Waals surface area (Å²) in [7, 11) is 0. The van der Waals surface area contributed by atoms with E-state index in [1.165, 1.54) is 6.07 Å². The lowest BCUT2D eigenvalue weighted by Crippen LogP contribution is -1.91. The number of nitrogens with zero attached hydrogens (tertiary/aromatic N) is 2. The van der Waals surface area contributed by atoms with Gasteiger partial charge in [0.25, 0.3) is 0 Å². The molecule has 4 nitrogen and oxygen atoms in total. The maximum Gasteiger partial charge on any atom is 0.155 e. The summed E-state index contributed by atoms with van der Waals surface area (Å²) >= 11 is 3.25. The number of H-pyrrole nitrogens is 1. The Labute approximate surface area is 123 Å². The van der Waals surface area contributed by atoms with Crippen molar-refractivity contribution in [2.75, 3.05) is 5.73 Å². The largest absolute Gasteiger partial charge is 0.382 e. The Morgan fingerprint density at radius 2 is 2.00 bits per heavy atom. The number of aromatic amines is 1. The van der Waals surface area contributed by atoms with Gasteiger partial charge in [0.2, 0.25) is 0 Å². The van der Waals surface area contributed by atoms with Crippen molar-refractivity contribution >= 4 is 21.7 Å². The zero-order valence-corrected chi connectivity index (χ0v) is 11.9. The Morgan fingerprint density at radius 3 is 2.75 bits per heavy atom. The molecule has 2 heterocycles. The van der Waals surface area contributed by atoms with E-state index in [1.54, 1.807) is 18.3 Å². The lowest BCUT2D eigenvalue weighted by Gasteiger charge is -2.06. The molecule has 3 N–H and O–H groups in total. The maximum atomic E-state index is 13.7. The van der Waals surface area contributed by atoms with Crippen LogP contribution in [-0.2, 0) is 0 Å². The van der Waals surface area contributed by atoms with Gasteiger partial charge in [0.05, 0.1) is 21.4 Å². The van der Waals surface area contributed by atoms with Gasteiger partial charge < -0.3 is 5.73 Å². The van der Waals surface area contributed by atoms with Crippen molar-refractivity contribution in [2.24, 2.45) is 0 Å². The predicted octanol–water partition coefficient (Wildman–Crippen LogP) is 3.62. The van der Waals surface area contributed by atoms with E-state index in [-0.39, 0.29) is 5.82 Å². The molecule has 2 aromatic heterocycles. The molecule has 6 heteroatoms. The molecule has 0 bridgehead atoms. The van der Waals surface area contributed by atoms with Crippen molar-refractivity contribution in [3.8, 4) is 22.5 Å². The number of hydrogen-bond acceptors (Lipinski definition) is 3. The summed E-state index contributed by atoms with van der Waals surface area (Å²) in [6, 6.07) is 10.3. The van der Waals surface area contributed by atoms with Gasteiger partial charge in [0, 0.05) is 11.8 Å². The first kappa shape index (κ1) is 12.8. The molecular formula is C14H10BrFN4. The fourth-order valence-electron chi connectivity index (χ4n) is 2.02. The average Bonchev–Trinajstić information content (AvgIpc) is 2.84. The minimum absolute atomic E-state index is 0.329. The van der Waals surface area contributed by atoms with E-state index in [2.05, 4.69) is 31.1 Å². The lowest BCUT2D eigenvalue weighted by molar-refractivity contribution is 0.621. The third-order valence-corrected chi connectivity index (χ3v) is 3.74. The predicted molar refractivity (Wildman–Crippen MR) is 79.3 cm³/mol. The molecule has 0 aliphatic rings. The van der Waals surface area contributed by atoms with E-state index >= 15 is 0 Å². The summed E-state index contributed by atoms with van der Waals surface area (Å²) in [6.45, 7) is 0. The smallest absolute Gasteiger partial charge is 0.155 e. The fraction of sp³-hybridized carbons (Fsp3) is 0. The van der Waals surface area contributed by atoms with Crippen LogP contribution in [-0.4, -0.2) is 15.2 Å². The van der Waals surface area contributed by atoms with Gasteiger partial charge in [-0.2, -0.15) is 5.10 Å². The van der Waals surface area contributed by atoms with Crippen LogP contribution in [0, 0.1) is 5.82 Å². The van der Waals surface area contributed by atoms with Crippen LogP contribution in [0.4, 0.5) is 10.2 Å². The number of anilines is 1. The zero-order valence-electron chi connectivity index (χ0n) is 10.3. The zero-order chi connectivity index (χ0) is 14.1. The number of halogens is 2. The topological polar surface area (TPSA) is 67.6 Å². The summed E-state index contributed by atoms with van der Waals surface area (Å²) < 4.78 is 14.0. The molecule has 100 valence electrons. The van der Waals surface area contributed by atoms with Gasteiger partial charge in [0.1, 0.15) is 5.82 Å². The third kappa shape index (κ3) is 2.08. The van der Waals surface area contributed by atoms with E-state index < -0.39 is 0 Å². The molecule has 20 heavy (non-hydrogen) atoms. The van der Waals surface area contributed by atoms with E-state index in [0.717, 1.165) is 0 Å². The first-order chi connectivity index (χ1) is 9.68. The number of nitrogens with one attached hydrogen (secondary N) is 1. The number of hydrogen-bond donors (Lipinski definition) is 2. The average molecular weight is 333 g/mol. The summed E-state index contributed by atoms with van der Waals surface area (Å²) in [5.74, 6) is -0.0162. The van der Waals surface area contributed by atoms with Crippen LogP contribution in [0.15, 0.2) is 47.1 Å². The Morgan fingerprint density at radius 1 is 1.15 bits per heavy atom. The van der Waals surface area contributed by atoms with Gasteiger partial charge >= 0.3 is 0 Å². The van der Waals surface area contributed by atoms with Gasteiger partial charge in [-0.3, -0.25) is 10.1 Å². The van der Waals surface area contributed by atoms with Crippen LogP contribution in [0.1, 0.15) is 0 Å². The number of pyridine rings is 1. The van der Waals surface area contributed by atoms with Crippen LogP contribution in [0.5, 0.6) is 0 Å². The van der Waals surface area contributed by atoms with Crippen LogP contribution in [0.2, 0.25) is 0 Å². The van der Waals surface area contributed by atoms with Crippen molar-refractivity contribution < 1.29 is 4.39 Å². The van der Waals surface area contributed by atoms with Crippen molar-refractivity contribution in [1.82, 2.24) is 15.2 Å². The number of aromatic nitrogens is 3. The second-order valence-corrected chi connectivity index (χ2v) is 4.97. The number of nitrogen functional groups attached to an aromatic ring is 1. The first-order valence-electron chi connectivity index (χ1n) is 5.88. The Hall–Kier alpha value is -2.21. The molecule has 0 radical (unpaired) electrons. The first-order valence-corrected chi connectivity index (χ1v) is 6.67. The highest BCUT2D eigenvalue weighted by atomic mass is 79.9.